The lowest BCUT2D eigenvalue weighted by atomic mass is 10.0. The van der Waals surface area contributed by atoms with Crippen molar-refractivity contribution in [3.63, 3.8) is 0 Å². The number of nitrogens with one attached hydrogen (secondary N) is 1. The second kappa shape index (κ2) is 6.20. The predicted molar refractivity (Wildman–Crippen MR) is 84.7 cm³/mol. The van der Waals surface area contributed by atoms with E-state index in [1.165, 1.54) is 0 Å². The first-order chi connectivity index (χ1) is 10.7. The molecule has 1 unspecified atom stereocenters. The smallest absolute Gasteiger partial charge is 0.254 e. The van der Waals surface area contributed by atoms with Gasteiger partial charge < -0.3 is 10.2 Å². The Hall–Kier alpha value is -2.33. The molecule has 0 radical (unpaired) electrons. The second-order valence-corrected chi connectivity index (χ2v) is 5.55. The van der Waals surface area contributed by atoms with Crippen molar-refractivity contribution >= 4 is 23.4 Å². The molecular weight excluding hydrogens is 300 g/mol. The highest BCUT2D eigenvalue weighted by Gasteiger charge is 2.34. The summed E-state index contributed by atoms with van der Waals surface area (Å²) in [6.07, 6.45) is 0. The number of carbonyl (C=O) groups is 2. The van der Waals surface area contributed by atoms with Gasteiger partial charge in [0.25, 0.3) is 5.91 Å². The summed E-state index contributed by atoms with van der Waals surface area (Å²) in [5, 5.41) is 3.32. The zero-order valence-electron chi connectivity index (χ0n) is 11.8. The van der Waals surface area contributed by atoms with Crippen LogP contribution in [-0.4, -0.2) is 29.8 Å². The molecule has 1 atom stereocenters. The minimum atomic E-state index is -0.610. The molecule has 1 N–H and O–H groups in total. The van der Waals surface area contributed by atoms with Gasteiger partial charge in [0.2, 0.25) is 5.91 Å². The highest BCUT2D eigenvalue weighted by molar-refractivity contribution is 6.31. The van der Waals surface area contributed by atoms with E-state index in [4.69, 9.17) is 11.6 Å². The van der Waals surface area contributed by atoms with Crippen molar-refractivity contribution in [2.45, 2.75) is 6.04 Å². The molecule has 2 aromatic carbocycles. The maximum Gasteiger partial charge on any atom is 0.254 e. The van der Waals surface area contributed by atoms with Crippen LogP contribution in [0.25, 0.3) is 0 Å². The summed E-state index contributed by atoms with van der Waals surface area (Å²) >= 11 is 5.96. The SMILES string of the molecule is O=C1NCCN(C(=O)c2cccc(Cl)c2)C1c1ccccc1. The molecule has 1 aliphatic rings. The van der Waals surface area contributed by atoms with Crippen molar-refractivity contribution in [1.82, 2.24) is 10.2 Å². The Morgan fingerprint density at radius 2 is 1.91 bits per heavy atom. The molecule has 4 nitrogen and oxygen atoms in total. The number of benzene rings is 2. The molecule has 3 rings (SSSR count). The summed E-state index contributed by atoms with van der Waals surface area (Å²) in [4.78, 5) is 26.6. The first kappa shape index (κ1) is 14.6. The zero-order valence-corrected chi connectivity index (χ0v) is 12.6. The van der Waals surface area contributed by atoms with Gasteiger partial charge in [-0.15, -0.1) is 0 Å². The van der Waals surface area contributed by atoms with E-state index in [9.17, 15) is 9.59 Å². The third kappa shape index (κ3) is 2.83. The number of hydrogen-bond donors (Lipinski definition) is 1. The van der Waals surface area contributed by atoms with Gasteiger partial charge in [-0.25, -0.2) is 0 Å². The van der Waals surface area contributed by atoms with Gasteiger partial charge in [0.05, 0.1) is 0 Å². The molecule has 1 aliphatic heterocycles. The third-order valence-corrected chi connectivity index (χ3v) is 3.89. The molecule has 2 amide bonds. The third-order valence-electron chi connectivity index (χ3n) is 3.66. The van der Waals surface area contributed by atoms with Crippen LogP contribution in [0.3, 0.4) is 0 Å². The molecule has 0 aromatic heterocycles. The van der Waals surface area contributed by atoms with E-state index in [0.717, 1.165) is 5.56 Å². The summed E-state index contributed by atoms with van der Waals surface area (Å²) in [5.41, 5.74) is 1.29. The highest BCUT2D eigenvalue weighted by atomic mass is 35.5. The molecule has 0 spiro atoms. The van der Waals surface area contributed by atoms with Gasteiger partial charge in [0.15, 0.2) is 0 Å². The van der Waals surface area contributed by atoms with Crippen molar-refractivity contribution in [3.8, 4) is 0 Å². The fraction of sp³-hybridized carbons (Fsp3) is 0.176. The molecule has 112 valence electrons. The molecule has 0 bridgehead atoms. The lowest BCUT2D eigenvalue weighted by Gasteiger charge is -2.35. The van der Waals surface area contributed by atoms with E-state index in [1.807, 2.05) is 30.3 Å². The normalized spacial score (nSPS) is 18.0. The Balaban J connectivity index is 1.96. The van der Waals surface area contributed by atoms with Crippen molar-refractivity contribution in [3.05, 3.63) is 70.7 Å². The minimum Gasteiger partial charge on any atom is -0.352 e. The monoisotopic (exact) mass is 314 g/mol. The molecule has 1 heterocycles. The van der Waals surface area contributed by atoms with E-state index in [-0.39, 0.29) is 11.8 Å². The summed E-state index contributed by atoms with van der Waals surface area (Å²) in [7, 11) is 0. The fourth-order valence-electron chi connectivity index (χ4n) is 2.64. The van der Waals surface area contributed by atoms with Crippen LogP contribution in [0.15, 0.2) is 54.6 Å². The van der Waals surface area contributed by atoms with Crippen LogP contribution in [0.5, 0.6) is 0 Å². The largest absolute Gasteiger partial charge is 0.352 e. The lowest BCUT2D eigenvalue weighted by Crippen LogP contribution is -2.52. The van der Waals surface area contributed by atoms with Crippen LogP contribution in [0.1, 0.15) is 22.0 Å². The Morgan fingerprint density at radius 1 is 1.14 bits per heavy atom. The number of amides is 2. The van der Waals surface area contributed by atoms with E-state index in [1.54, 1.807) is 29.2 Å². The van der Waals surface area contributed by atoms with Crippen LogP contribution < -0.4 is 5.32 Å². The maximum atomic E-state index is 12.8. The average Bonchev–Trinajstić information content (AvgIpc) is 2.55. The number of nitrogens with zero attached hydrogens (tertiary/aromatic N) is 1. The molecule has 0 aliphatic carbocycles. The number of rotatable bonds is 2. The Labute approximate surface area is 133 Å². The van der Waals surface area contributed by atoms with Gasteiger partial charge >= 0.3 is 0 Å². The summed E-state index contributed by atoms with van der Waals surface area (Å²) < 4.78 is 0. The molecule has 1 fully saturated rings. The number of piperazine rings is 1. The summed E-state index contributed by atoms with van der Waals surface area (Å²) in [6.45, 7) is 0.922. The summed E-state index contributed by atoms with van der Waals surface area (Å²) in [5.74, 6) is -0.348. The molecule has 22 heavy (non-hydrogen) atoms. The molecule has 1 saturated heterocycles. The van der Waals surface area contributed by atoms with Crippen LogP contribution >= 0.6 is 11.6 Å². The van der Waals surface area contributed by atoms with Crippen molar-refractivity contribution in [2.75, 3.05) is 13.1 Å². The standard InChI is InChI=1S/C17H15ClN2O2/c18-14-8-4-7-13(11-14)17(22)20-10-9-19-16(21)15(20)12-5-2-1-3-6-12/h1-8,11,15H,9-10H2,(H,19,21). The number of hydrogen-bond acceptors (Lipinski definition) is 2. The molecule has 5 heteroatoms. The number of carbonyl (C=O) groups excluding carboxylic acids is 2. The maximum absolute atomic E-state index is 12.8. The van der Waals surface area contributed by atoms with Crippen LogP contribution in [0.4, 0.5) is 0 Å². The first-order valence-electron chi connectivity index (χ1n) is 7.06. The topological polar surface area (TPSA) is 49.4 Å². The fourth-order valence-corrected chi connectivity index (χ4v) is 2.83. The predicted octanol–water partition coefficient (Wildman–Crippen LogP) is 2.65. The van der Waals surface area contributed by atoms with E-state index < -0.39 is 6.04 Å². The van der Waals surface area contributed by atoms with Crippen LogP contribution in [0, 0.1) is 0 Å². The van der Waals surface area contributed by atoms with E-state index in [2.05, 4.69) is 5.32 Å². The minimum absolute atomic E-state index is 0.159. The second-order valence-electron chi connectivity index (χ2n) is 5.11. The molecule has 2 aromatic rings. The Kier molecular flexibility index (Phi) is 4.11. The van der Waals surface area contributed by atoms with Crippen molar-refractivity contribution < 1.29 is 9.59 Å². The van der Waals surface area contributed by atoms with Gasteiger partial charge in [0.1, 0.15) is 6.04 Å². The zero-order chi connectivity index (χ0) is 15.5. The quantitative estimate of drug-likeness (QED) is 0.926. The van der Waals surface area contributed by atoms with Crippen LogP contribution in [-0.2, 0) is 4.79 Å². The van der Waals surface area contributed by atoms with Gasteiger partial charge in [-0.05, 0) is 23.8 Å². The van der Waals surface area contributed by atoms with E-state index in [0.29, 0.717) is 23.7 Å². The van der Waals surface area contributed by atoms with Gasteiger partial charge in [0, 0.05) is 23.7 Å². The first-order valence-corrected chi connectivity index (χ1v) is 7.44. The van der Waals surface area contributed by atoms with Crippen molar-refractivity contribution in [1.29, 1.82) is 0 Å². The average molecular weight is 315 g/mol. The highest BCUT2D eigenvalue weighted by Crippen LogP contribution is 2.25. The van der Waals surface area contributed by atoms with Gasteiger partial charge in [-0.3, -0.25) is 9.59 Å². The van der Waals surface area contributed by atoms with Crippen molar-refractivity contribution in [2.24, 2.45) is 0 Å². The molecule has 0 saturated carbocycles. The Bertz CT molecular complexity index is 703. The number of halogens is 1. The van der Waals surface area contributed by atoms with Crippen LogP contribution in [0.2, 0.25) is 5.02 Å². The molecular formula is C17H15ClN2O2. The lowest BCUT2D eigenvalue weighted by molar-refractivity contribution is -0.128. The Morgan fingerprint density at radius 3 is 2.64 bits per heavy atom. The summed E-state index contributed by atoms with van der Waals surface area (Å²) in [6, 6.07) is 15.5. The van der Waals surface area contributed by atoms with E-state index >= 15 is 0 Å². The van der Waals surface area contributed by atoms with Gasteiger partial charge in [-0.1, -0.05) is 48.0 Å². The van der Waals surface area contributed by atoms with Gasteiger partial charge in [-0.2, -0.15) is 0 Å².